The zero-order valence-corrected chi connectivity index (χ0v) is 36.3. The van der Waals surface area contributed by atoms with Gasteiger partial charge in [-0.2, -0.15) is 0 Å². The van der Waals surface area contributed by atoms with Crippen LogP contribution in [0, 0.1) is 0 Å². The van der Waals surface area contributed by atoms with Crippen LogP contribution in [0.25, 0.3) is 0 Å². The summed E-state index contributed by atoms with van der Waals surface area (Å²) in [6.45, 7) is 2.39. The Bertz CT molecular complexity index is 930. The van der Waals surface area contributed by atoms with Crippen molar-refractivity contribution in [2.75, 3.05) is 26.4 Å². The summed E-state index contributed by atoms with van der Waals surface area (Å²) in [6.07, 6.45) is 38.9. The molecule has 0 saturated carbocycles. The van der Waals surface area contributed by atoms with Gasteiger partial charge in [0.05, 0.1) is 19.8 Å². The van der Waals surface area contributed by atoms with Crippen molar-refractivity contribution in [2.45, 2.75) is 232 Å². The largest absolute Gasteiger partial charge is 0.472 e. The van der Waals surface area contributed by atoms with Crippen LogP contribution in [0.5, 0.6) is 0 Å². The highest BCUT2D eigenvalue weighted by atomic mass is 31.2. The molecule has 3 atom stereocenters. The number of phosphoric ester groups is 1. The van der Waals surface area contributed by atoms with Crippen molar-refractivity contribution in [3.05, 3.63) is 12.2 Å². The Morgan fingerprint density at radius 1 is 0.527 bits per heavy atom. The first-order chi connectivity index (χ1) is 26.7. The van der Waals surface area contributed by atoms with Crippen molar-refractivity contribution in [3.63, 3.8) is 0 Å². The summed E-state index contributed by atoms with van der Waals surface area (Å²) in [5, 5.41) is 18.3. The van der Waals surface area contributed by atoms with E-state index in [1.807, 2.05) is 0 Å². The monoisotopic (exact) mass is 805 g/mol. The number of ether oxygens (including phenoxy) is 2. The minimum absolute atomic E-state index is 0.178. The lowest BCUT2D eigenvalue weighted by molar-refractivity contribution is -0.161. The van der Waals surface area contributed by atoms with Crippen molar-refractivity contribution in [1.82, 2.24) is 0 Å². The molecule has 0 spiro atoms. The van der Waals surface area contributed by atoms with Gasteiger partial charge < -0.3 is 24.6 Å². The molecule has 10 nitrogen and oxygen atoms in total. The van der Waals surface area contributed by atoms with Crippen molar-refractivity contribution >= 4 is 19.8 Å². The number of rotatable bonds is 43. The quantitative estimate of drug-likeness (QED) is 0.0235. The average Bonchev–Trinajstić information content (AvgIpc) is 3.17. The molecule has 3 N–H and O–H groups in total. The fraction of sp³-hybridized carbons (Fsp3) is 0.909. The number of aliphatic hydroxyl groups is 2. The summed E-state index contributed by atoms with van der Waals surface area (Å²) in [6, 6.07) is 0. The van der Waals surface area contributed by atoms with Gasteiger partial charge in [-0.15, -0.1) is 0 Å². The van der Waals surface area contributed by atoms with Gasteiger partial charge in [0.1, 0.15) is 12.7 Å². The Hall–Kier alpha value is -1.29. The summed E-state index contributed by atoms with van der Waals surface area (Å²) in [5.74, 6) is -0.923. The maximum absolute atomic E-state index is 12.6. The van der Waals surface area contributed by atoms with Gasteiger partial charge in [0.2, 0.25) is 0 Å². The summed E-state index contributed by atoms with van der Waals surface area (Å²) in [4.78, 5) is 35.0. The maximum atomic E-state index is 12.6. The fourth-order valence-electron chi connectivity index (χ4n) is 6.40. The van der Waals surface area contributed by atoms with E-state index < -0.39 is 51.8 Å². The summed E-state index contributed by atoms with van der Waals surface area (Å²) < 4.78 is 32.7. The van der Waals surface area contributed by atoms with Crippen LogP contribution in [-0.2, 0) is 32.7 Å². The highest BCUT2D eigenvalue weighted by Gasteiger charge is 2.27. The molecule has 0 aromatic carbocycles. The molecule has 11 heteroatoms. The number of phosphoric acid groups is 1. The number of allylic oxidation sites excluding steroid dienone is 2. The minimum Gasteiger partial charge on any atom is -0.462 e. The van der Waals surface area contributed by atoms with E-state index in [4.69, 9.17) is 23.6 Å². The van der Waals surface area contributed by atoms with Crippen molar-refractivity contribution in [1.29, 1.82) is 0 Å². The Morgan fingerprint density at radius 3 is 1.33 bits per heavy atom. The van der Waals surface area contributed by atoms with E-state index in [1.54, 1.807) is 0 Å². The van der Waals surface area contributed by atoms with Gasteiger partial charge in [0, 0.05) is 12.8 Å². The first-order valence-corrected chi connectivity index (χ1v) is 24.1. The lowest BCUT2D eigenvalue weighted by Crippen LogP contribution is -2.29. The van der Waals surface area contributed by atoms with Crippen LogP contribution in [0.1, 0.15) is 219 Å². The first-order valence-electron chi connectivity index (χ1n) is 22.6. The summed E-state index contributed by atoms with van der Waals surface area (Å²) in [7, 11) is -4.61. The normalized spacial score (nSPS) is 13.9. The molecule has 0 rings (SSSR count). The van der Waals surface area contributed by atoms with Gasteiger partial charge in [-0.05, 0) is 38.5 Å². The molecule has 0 aliphatic heterocycles. The highest BCUT2D eigenvalue weighted by Crippen LogP contribution is 2.43. The molecule has 0 aromatic heterocycles. The molecular weight excluding hydrogens is 719 g/mol. The molecule has 326 valence electrons. The van der Waals surface area contributed by atoms with E-state index in [-0.39, 0.29) is 19.4 Å². The Labute approximate surface area is 336 Å². The van der Waals surface area contributed by atoms with Crippen LogP contribution in [0.3, 0.4) is 0 Å². The van der Waals surface area contributed by atoms with E-state index in [9.17, 15) is 24.2 Å². The smallest absolute Gasteiger partial charge is 0.462 e. The molecule has 0 saturated heterocycles. The van der Waals surface area contributed by atoms with E-state index in [1.165, 1.54) is 122 Å². The predicted molar refractivity (Wildman–Crippen MR) is 224 cm³/mol. The standard InChI is InChI=1S/C44H85O10P/c1-3-5-7-9-11-13-15-17-18-19-20-21-22-24-25-27-29-31-33-35-43(47)51-39-42(40-53-55(49,50)52-38-41(46)37-45)54-44(48)36-34-32-30-28-26-23-16-14-12-10-8-6-4-2/h14,16,41-42,45-46H,3-13,15,17-40H2,1-2H3,(H,49,50)/b16-14+/t41-,42+/m1/s1. The lowest BCUT2D eigenvalue weighted by Gasteiger charge is -2.20. The number of hydrogen-bond donors (Lipinski definition) is 3. The summed E-state index contributed by atoms with van der Waals surface area (Å²) >= 11 is 0. The zero-order valence-electron chi connectivity index (χ0n) is 35.4. The van der Waals surface area contributed by atoms with Crippen molar-refractivity contribution in [2.24, 2.45) is 0 Å². The molecule has 0 fully saturated rings. The predicted octanol–water partition coefficient (Wildman–Crippen LogP) is 12.0. The number of aliphatic hydroxyl groups excluding tert-OH is 2. The molecule has 0 amide bonds. The molecule has 0 heterocycles. The molecule has 0 aromatic rings. The van der Waals surface area contributed by atoms with Crippen LogP contribution < -0.4 is 0 Å². The topological polar surface area (TPSA) is 149 Å². The second-order valence-electron chi connectivity index (χ2n) is 15.4. The summed E-state index contributed by atoms with van der Waals surface area (Å²) in [5.41, 5.74) is 0. The molecule has 0 radical (unpaired) electrons. The molecular formula is C44H85O10P. The number of carbonyl (C=O) groups is 2. The highest BCUT2D eigenvalue weighted by molar-refractivity contribution is 7.47. The van der Waals surface area contributed by atoms with Crippen LogP contribution in [-0.4, -0.2) is 65.7 Å². The van der Waals surface area contributed by atoms with Gasteiger partial charge in [-0.1, -0.05) is 180 Å². The van der Waals surface area contributed by atoms with E-state index in [2.05, 4.69) is 26.0 Å². The molecule has 1 unspecified atom stereocenters. The van der Waals surface area contributed by atoms with Gasteiger partial charge in [-0.25, -0.2) is 4.57 Å². The molecule has 0 aliphatic rings. The third-order valence-electron chi connectivity index (χ3n) is 9.92. The van der Waals surface area contributed by atoms with Gasteiger partial charge in [0.15, 0.2) is 6.10 Å². The average molecular weight is 805 g/mol. The van der Waals surface area contributed by atoms with Gasteiger partial charge >= 0.3 is 19.8 Å². The Kier molecular flexibility index (Phi) is 39.9. The van der Waals surface area contributed by atoms with Gasteiger partial charge in [-0.3, -0.25) is 18.6 Å². The van der Waals surface area contributed by atoms with Gasteiger partial charge in [0.25, 0.3) is 0 Å². The van der Waals surface area contributed by atoms with E-state index >= 15 is 0 Å². The van der Waals surface area contributed by atoms with Crippen molar-refractivity contribution in [3.8, 4) is 0 Å². The molecule has 55 heavy (non-hydrogen) atoms. The van der Waals surface area contributed by atoms with Crippen LogP contribution in [0.2, 0.25) is 0 Å². The fourth-order valence-corrected chi connectivity index (χ4v) is 7.19. The Balaban J connectivity index is 4.20. The second kappa shape index (κ2) is 40.9. The first kappa shape index (κ1) is 53.7. The number of carbonyl (C=O) groups excluding carboxylic acids is 2. The SMILES string of the molecule is CCCCCC/C=C/CCCCCCCC(=O)O[C@@H](COC(=O)CCCCCCCCCCCCCCCCCCCCC)COP(=O)(O)OC[C@H](O)CO. The number of hydrogen-bond acceptors (Lipinski definition) is 9. The number of esters is 2. The minimum atomic E-state index is -4.61. The lowest BCUT2D eigenvalue weighted by atomic mass is 10.0. The van der Waals surface area contributed by atoms with E-state index in [0.29, 0.717) is 12.8 Å². The second-order valence-corrected chi connectivity index (χ2v) is 16.9. The Morgan fingerprint density at radius 2 is 0.891 bits per heavy atom. The number of unbranched alkanes of at least 4 members (excludes halogenated alkanes) is 27. The van der Waals surface area contributed by atoms with E-state index in [0.717, 1.165) is 57.8 Å². The van der Waals surface area contributed by atoms with Crippen LogP contribution in [0.15, 0.2) is 12.2 Å². The van der Waals surface area contributed by atoms with Crippen LogP contribution in [0.4, 0.5) is 0 Å². The third-order valence-corrected chi connectivity index (χ3v) is 10.9. The zero-order chi connectivity index (χ0) is 40.5. The van der Waals surface area contributed by atoms with Crippen LogP contribution >= 0.6 is 7.82 Å². The molecule has 0 bridgehead atoms. The maximum Gasteiger partial charge on any atom is 0.472 e. The molecule has 0 aliphatic carbocycles. The van der Waals surface area contributed by atoms with Crippen molar-refractivity contribution < 1.29 is 47.8 Å². The third kappa shape index (κ3) is 40.7.